The van der Waals surface area contributed by atoms with Gasteiger partial charge in [0, 0.05) is 31.6 Å². The maximum Gasteiger partial charge on any atom is 0.162 e. The van der Waals surface area contributed by atoms with E-state index in [0.29, 0.717) is 18.1 Å². The molecule has 1 unspecified atom stereocenters. The van der Waals surface area contributed by atoms with E-state index in [2.05, 4.69) is 71.6 Å². The number of ketones is 1. The van der Waals surface area contributed by atoms with E-state index in [1.807, 2.05) is 0 Å². The summed E-state index contributed by atoms with van der Waals surface area (Å²) in [6.07, 6.45) is 24.9. The average molecular weight is 538 g/mol. The number of carbonyl (C=O) groups is 1. The second-order valence-corrected chi connectivity index (χ2v) is 12.9. The normalized spacial score (nSPS) is 21.2. The van der Waals surface area contributed by atoms with Crippen LogP contribution in [0.3, 0.4) is 0 Å². The number of nitrogens with zero attached hydrogens (tertiary/aromatic N) is 1. The van der Waals surface area contributed by atoms with Crippen LogP contribution in [-0.2, 0) is 13.0 Å². The minimum absolute atomic E-state index is 0.319. The third kappa shape index (κ3) is 9.30. The van der Waals surface area contributed by atoms with Crippen LogP contribution in [0.5, 0.6) is 0 Å². The highest BCUT2D eigenvalue weighted by Gasteiger charge is 2.18. The van der Waals surface area contributed by atoms with E-state index in [0.717, 1.165) is 37.4 Å². The average Bonchev–Trinajstić information content (AvgIpc) is 3.36. The molecule has 0 amide bonds. The van der Waals surface area contributed by atoms with Crippen LogP contribution in [0.25, 0.3) is 0 Å². The number of rotatable bonds is 11. The van der Waals surface area contributed by atoms with Crippen LogP contribution in [0.1, 0.15) is 118 Å². The molecule has 0 radical (unpaired) electrons. The van der Waals surface area contributed by atoms with Crippen LogP contribution in [0.4, 0.5) is 0 Å². The fourth-order valence-electron chi connectivity index (χ4n) is 7.23. The highest BCUT2D eigenvalue weighted by Crippen LogP contribution is 2.31. The molecule has 0 bridgehead atoms. The molecule has 2 aromatic carbocycles. The number of Topliss-reactive ketones (excluding diaryl/α,β-unsaturated/α-hetero) is 1. The summed E-state index contributed by atoms with van der Waals surface area (Å²) in [6.45, 7) is 3.32. The van der Waals surface area contributed by atoms with Gasteiger partial charge in [0.15, 0.2) is 5.78 Å². The third-order valence-corrected chi connectivity index (χ3v) is 9.82. The quantitative estimate of drug-likeness (QED) is 0.210. The zero-order valence-corrected chi connectivity index (χ0v) is 24.8. The van der Waals surface area contributed by atoms with Crippen molar-refractivity contribution in [3.05, 3.63) is 94.6 Å². The molecule has 40 heavy (non-hydrogen) atoms. The molecular formula is C38H51NO. The van der Waals surface area contributed by atoms with Gasteiger partial charge in [-0.2, -0.15) is 0 Å². The molecule has 214 valence electrons. The van der Waals surface area contributed by atoms with Gasteiger partial charge in [0.25, 0.3) is 0 Å². The van der Waals surface area contributed by atoms with Gasteiger partial charge in [-0.3, -0.25) is 9.69 Å². The summed E-state index contributed by atoms with van der Waals surface area (Å²) < 4.78 is 0. The number of benzene rings is 2. The predicted molar refractivity (Wildman–Crippen MR) is 169 cm³/mol. The van der Waals surface area contributed by atoms with Crippen molar-refractivity contribution in [3.8, 4) is 0 Å². The first-order valence-corrected chi connectivity index (χ1v) is 16.5. The van der Waals surface area contributed by atoms with E-state index in [-0.39, 0.29) is 0 Å². The van der Waals surface area contributed by atoms with E-state index >= 15 is 0 Å². The lowest BCUT2D eigenvalue weighted by molar-refractivity contribution is 0.0972. The Morgan fingerprint density at radius 3 is 2.33 bits per heavy atom. The molecule has 0 spiro atoms. The van der Waals surface area contributed by atoms with Gasteiger partial charge in [0.2, 0.25) is 0 Å². The molecule has 1 aliphatic heterocycles. The van der Waals surface area contributed by atoms with Crippen molar-refractivity contribution in [1.29, 1.82) is 0 Å². The number of hydrogen-bond donors (Lipinski definition) is 0. The van der Waals surface area contributed by atoms with E-state index in [9.17, 15) is 4.79 Å². The van der Waals surface area contributed by atoms with Gasteiger partial charge in [0.1, 0.15) is 0 Å². The fraction of sp³-hybridized carbons (Fsp3) is 0.553. The maximum absolute atomic E-state index is 13.0. The molecule has 3 aliphatic rings. The summed E-state index contributed by atoms with van der Waals surface area (Å²) >= 11 is 0. The first-order valence-electron chi connectivity index (χ1n) is 16.5. The van der Waals surface area contributed by atoms with Gasteiger partial charge in [-0.15, -0.1) is 0 Å². The molecule has 0 N–H and O–H groups in total. The molecule has 2 aromatic rings. The molecule has 2 heteroatoms. The standard InChI is InChI=1S/C38H51NO/c40-38(25-22-33-14-7-13-32(18-19-33)17-16-31-9-3-1-4-10-31)37-23-20-36(21-24-37)30-39-27-8-15-35(26-28-39)29-34-11-5-2-6-12-34/h1,3-4,9-10,13,15,20-21,23-24,33-34H,2,5-8,11-12,14,16-19,22,25-30H2. The lowest BCUT2D eigenvalue weighted by atomic mass is 9.84. The maximum atomic E-state index is 13.0. The van der Waals surface area contributed by atoms with Crippen molar-refractivity contribution in [2.24, 2.45) is 11.8 Å². The zero-order valence-electron chi connectivity index (χ0n) is 24.8. The largest absolute Gasteiger partial charge is 0.298 e. The summed E-state index contributed by atoms with van der Waals surface area (Å²) in [6, 6.07) is 19.4. The lowest BCUT2D eigenvalue weighted by Gasteiger charge is -2.23. The Kier molecular flexibility index (Phi) is 11.3. The number of aryl methyl sites for hydroxylation is 1. The van der Waals surface area contributed by atoms with Crippen LogP contribution < -0.4 is 0 Å². The van der Waals surface area contributed by atoms with Crippen molar-refractivity contribution >= 4 is 5.78 Å². The lowest BCUT2D eigenvalue weighted by Crippen LogP contribution is -2.24. The van der Waals surface area contributed by atoms with Gasteiger partial charge >= 0.3 is 0 Å². The first-order chi connectivity index (χ1) is 19.7. The fourth-order valence-corrected chi connectivity index (χ4v) is 7.23. The van der Waals surface area contributed by atoms with Gasteiger partial charge in [-0.1, -0.05) is 110 Å². The highest BCUT2D eigenvalue weighted by molar-refractivity contribution is 5.96. The Hall–Kier alpha value is -2.45. The minimum atomic E-state index is 0.319. The predicted octanol–water partition coefficient (Wildman–Crippen LogP) is 9.89. The van der Waals surface area contributed by atoms with Gasteiger partial charge in [-0.05, 0) is 87.2 Å². The summed E-state index contributed by atoms with van der Waals surface area (Å²) in [7, 11) is 0. The van der Waals surface area contributed by atoms with E-state index in [1.54, 1.807) is 11.1 Å². The van der Waals surface area contributed by atoms with Crippen LogP contribution in [-0.4, -0.2) is 23.8 Å². The summed E-state index contributed by atoms with van der Waals surface area (Å²) in [5.74, 6) is 1.94. The zero-order chi connectivity index (χ0) is 27.4. The Labute approximate surface area is 244 Å². The smallest absolute Gasteiger partial charge is 0.162 e. The van der Waals surface area contributed by atoms with E-state index < -0.39 is 0 Å². The molecule has 0 aromatic heterocycles. The van der Waals surface area contributed by atoms with Crippen LogP contribution in [0.15, 0.2) is 77.9 Å². The summed E-state index contributed by atoms with van der Waals surface area (Å²) in [5, 5.41) is 0. The molecular weight excluding hydrogens is 486 g/mol. The van der Waals surface area contributed by atoms with E-state index in [1.165, 1.54) is 101 Å². The highest BCUT2D eigenvalue weighted by atomic mass is 16.1. The molecule has 2 aliphatic carbocycles. The van der Waals surface area contributed by atoms with Gasteiger partial charge < -0.3 is 0 Å². The molecule has 1 atom stereocenters. The number of carbonyl (C=O) groups excluding carboxylic acids is 1. The Morgan fingerprint density at radius 1 is 0.700 bits per heavy atom. The second-order valence-electron chi connectivity index (χ2n) is 12.9. The summed E-state index contributed by atoms with van der Waals surface area (Å²) in [5.41, 5.74) is 7.00. The van der Waals surface area contributed by atoms with Crippen LogP contribution >= 0.6 is 0 Å². The van der Waals surface area contributed by atoms with Crippen LogP contribution in [0, 0.1) is 11.8 Å². The number of allylic oxidation sites excluding steroid dienone is 2. The van der Waals surface area contributed by atoms with Crippen molar-refractivity contribution in [2.45, 2.75) is 109 Å². The van der Waals surface area contributed by atoms with Crippen LogP contribution in [0.2, 0.25) is 0 Å². The number of hydrogen-bond acceptors (Lipinski definition) is 2. The van der Waals surface area contributed by atoms with Crippen molar-refractivity contribution in [2.75, 3.05) is 13.1 Å². The van der Waals surface area contributed by atoms with Crippen molar-refractivity contribution in [3.63, 3.8) is 0 Å². The van der Waals surface area contributed by atoms with Gasteiger partial charge in [-0.25, -0.2) is 0 Å². The Bertz CT molecular complexity index is 1110. The second kappa shape index (κ2) is 15.5. The molecule has 1 fully saturated rings. The first kappa shape index (κ1) is 29.1. The molecule has 1 saturated carbocycles. The van der Waals surface area contributed by atoms with Gasteiger partial charge in [0.05, 0.1) is 0 Å². The monoisotopic (exact) mass is 537 g/mol. The van der Waals surface area contributed by atoms with Crippen molar-refractivity contribution in [1.82, 2.24) is 4.90 Å². The molecule has 1 heterocycles. The Balaban J connectivity index is 1.00. The van der Waals surface area contributed by atoms with Crippen molar-refractivity contribution < 1.29 is 4.79 Å². The minimum Gasteiger partial charge on any atom is -0.298 e. The third-order valence-electron chi connectivity index (χ3n) is 9.82. The molecule has 5 rings (SSSR count). The Morgan fingerprint density at radius 2 is 1.50 bits per heavy atom. The molecule has 0 saturated heterocycles. The SMILES string of the molecule is O=C(CCC1CCC=C(CCc2ccccc2)CC1)c1ccc(CN2CCC=C(CC3CCCCC3)CC2)cc1. The van der Waals surface area contributed by atoms with E-state index in [4.69, 9.17) is 0 Å². The summed E-state index contributed by atoms with van der Waals surface area (Å²) in [4.78, 5) is 15.6. The molecule has 2 nitrogen and oxygen atoms in total. The topological polar surface area (TPSA) is 20.3 Å².